The Hall–Kier alpha value is -2.45. The normalized spacial score (nSPS) is 24.8. The van der Waals surface area contributed by atoms with Crippen molar-refractivity contribution in [3.8, 4) is 11.1 Å². The Bertz CT molecular complexity index is 1160. The Balaban J connectivity index is 1.69. The van der Waals surface area contributed by atoms with Gasteiger partial charge in [0.25, 0.3) is 0 Å². The molecule has 2 aromatic rings. The monoisotopic (exact) mass is 555 g/mol. The lowest BCUT2D eigenvalue weighted by Crippen LogP contribution is -2.49. The van der Waals surface area contributed by atoms with E-state index < -0.39 is 11.7 Å². The molecule has 0 aromatic heterocycles. The van der Waals surface area contributed by atoms with Crippen molar-refractivity contribution in [3.05, 3.63) is 58.6 Å². The zero-order valence-electron chi connectivity index (χ0n) is 23.0. The molecule has 1 aliphatic carbocycles. The number of amides is 2. The molecule has 8 heteroatoms. The maximum absolute atomic E-state index is 13.5. The van der Waals surface area contributed by atoms with Crippen molar-refractivity contribution in [3.63, 3.8) is 0 Å². The number of aliphatic hydroxyl groups is 2. The van der Waals surface area contributed by atoms with Crippen LogP contribution in [0.3, 0.4) is 0 Å². The highest BCUT2D eigenvalue weighted by atomic mass is 35.5. The van der Waals surface area contributed by atoms with E-state index >= 15 is 0 Å². The van der Waals surface area contributed by atoms with Crippen LogP contribution in [-0.4, -0.2) is 58.7 Å². The quantitative estimate of drug-likeness (QED) is 0.349. The van der Waals surface area contributed by atoms with Crippen molar-refractivity contribution in [1.29, 1.82) is 0 Å². The maximum Gasteiger partial charge on any atom is 0.225 e. The average molecular weight is 556 g/mol. The number of nitrogens with two attached hydrogens (primary N) is 1. The third-order valence-electron chi connectivity index (χ3n) is 8.55. The fourth-order valence-electron chi connectivity index (χ4n) is 6.38. The van der Waals surface area contributed by atoms with E-state index in [4.69, 9.17) is 17.3 Å². The number of halogens is 1. The molecule has 7 nitrogen and oxygen atoms in total. The van der Waals surface area contributed by atoms with Crippen molar-refractivity contribution >= 4 is 23.4 Å². The molecule has 1 aliphatic heterocycles. The second kappa shape index (κ2) is 12.8. The molecule has 2 amide bonds. The van der Waals surface area contributed by atoms with Crippen LogP contribution in [0.2, 0.25) is 5.02 Å². The first-order valence-corrected chi connectivity index (χ1v) is 14.6. The molecule has 39 heavy (non-hydrogen) atoms. The van der Waals surface area contributed by atoms with E-state index in [0.717, 1.165) is 36.0 Å². The van der Waals surface area contributed by atoms with Gasteiger partial charge in [-0.25, -0.2) is 0 Å². The van der Waals surface area contributed by atoms with Crippen molar-refractivity contribution in [2.24, 2.45) is 17.6 Å². The molecule has 2 aromatic carbocycles. The minimum absolute atomic E-state index is 0.00857. The van der Waals surface area contributed by atoms with Gasteiger partial charge < -0.3 is 26.2 Å². The van der Waals surface area contributed by atoms with Crippen molar-refractivity contribution in [2.75, 3.05) is 19.6 Å². The summed E-state index contributed by atoms with van der Waals surface area (Å²) in [5.41, 5.74) is 8.42. The van der Waals surface area contributed by atoms with Gasteiger partial charge in [-0.3, -0.25) is 9.59 Å². The second-order valence-electron chi connectivity index (χ2n) is 11.3. The van der Waals surface area contributed by atoms with Crippen LogP contribution in [0.4, 0.5) is 0 Å². The zero-order valence-corrected chi connectivity index (χ0v) is 23.8. The lowest BCUT2D eigenvalue weighted by Gasteiger charge is -2.44. The van der Waals surface area contributed by atoms with Crippen LogP contribution in [0.25, 0.3) is 11.1 Å². The molecule has 5 atom stereocenters. The lowest BCUT2D eigenvalue weighted by molar-refractivity contribution is -0.141. The van der Waals surface area contributed by atoms with E-state index in [1.165, 1.54) is 12.5 Å². The number of nitrogens with one attached hydrogen (secondary N) is 1. The summed E-state index contributed by atoms with van der Waals surface area (Å²) < 4.78 is 0. The average Bonchev–Trinajstić information content (AvgIpc) is 3.28. The van der Waals surface area contributed by atoms with Crippen LogP contribution < -0.4 is 11.1 Å². The highest BCUT2D eigenvalue weighted by Crippen LogP contribution is 2.46. The molecule has 2 fully saturated rings. The van der Waals surface area contributed by atoms with Gasteiger partial charge in [-0.05, 0) is 67.7 Å². The highest BCUT2D eigenvalue weighted by molar-refractivity contribution is 6.33. The van der Waals surface area contributed by atoms with Gasteiger partial charge in [0.1, 0.15) is 0 Å². The molecule has 1 saturated carbocycles. The fraction of sp³-hybridized carbons (Fsp3) is 0.548. The molecule has 2 aliphatic rings. The summed E-state index contributed by atoms with van der Waals surface area (Å²) in [6.45, 7) is 5.08. The molecule has 5 N–H and O–H groups in total. The zero-order chi connectivity index (χ0) is 28.2. The third kappa shape index (κ3) is 6.65. The summed E-state index contributed by atoms with van der Waals surface area (Å²) >= 11 is 6.83. The van der Waals surface area contributed by atoms with Crippen LogP contribution in [0.15, 0.2) is 42.5 Å². The van der Waals surface area contributed by atoms with Gasteiger partial charge in [0.05, 0.1) is 11.7 Å². The predicted octanol–water partition coefficient (Wildman–Crippen LogP) is 4.01. The molecule has 212 valence electrons. The van der Waals surface area contributed by atoms with E-state index in [1.807, 2.05) is 35.2 Å². The van der Waals surface area contributed by atoms with Gasteiger partial charge in [0, 0.05) is 55.0 Å². The Kier molecular flexibility index (Phi) is 9.70. The minimum atomic E-state index is -1.27. The molecular weight excluding hydrogens is 514 g/mol. The highest BCUT2D eigenvalue weighted by Gasteiger charge is 2.44. The van der Waals surface area contributed by atoms with E-state index in [1.54, 1.807) is 0 Å². The van der Waals surface area contributed by atoms with Crippen molar-refractivity contribution in [2.45, 2.75) is 76.5 Å². The first-order valence-electron chi connectivity index (χ1n) is 14.2. The number of carbonyl (C=O) groups is 2. The standard InChI is InChI=1S/C31H42ClN3O4/c1-3-21-8-4-9-22(16-21)29-25(11-5-12-26(29)32)31(39,13-7-14-34-20(2)36)24-10-6-15-35(19-24)30(38)23-17-27(33)28(37)18-23/h4-5,8-9,11-12,16,23-24,27-28,37,39H,3,6-7,10,13-15,17-19,33H2,1-2H3,(H,34,36)/t23-,24+,27+,28-,31?/m0/s1. The number of rotatable bonds is 9. The van der Waals surface area contributed by atoms with E-state index in [2.05, 4.69) is 24.4 Å². The molecule has 0 bridgehead atoms. The van der Waals surface area contributed by atoms with Gasteiger partial charge in [0.2, 0.25) is 11.8 Å². The molecule has 4 rings (SSSR count). The van der Waals surface area contributed by atoms with Crippen LogP contribution >= 0.6 is 11.6 Å². The number of aryl methyl sites for hydroxylation is 1. The summed E-state index contributed by atoms with van der Waals surface area (Å²) in [6.07, 6.45) is 3.61. The molecule has 1 unspecified atom stereocenters. The van der Waals surface area contributed by atoms with Gasteiger partial charge in [0.15, 0.2) is 0 Å². The predicted molar refractivity (Wildman–Crippen MR) is 154 cm³/mol. The Morgan fingerprint density at radius 3 is 2.67 bits per heavy atom. The second-order valence-corrected chi connectivity index (χ2v) is 11.7. The largest absolute Gasteiger partial charge is 0.391 e. The lowest BCUT2D eigenvalue weighted by atomic mass is 9.72. The number of likely N-dealkylation sites (tertiary alicyclic amines) is 1. The summed E-state index contributed by atoms with van der Waals surface area (Å²) in [5.74, 6) is -0.613. The van der Waals surface area contributed by atoms with Crippen LogP contribution in [0, 0.1) is 11.8 Å². The van der Waals surface area contributed by atoms with E-state index in [-0.39, 0.29) is 29.7 Å². The molecule has 1 heterocycles. The number of aliphatic hydroxyl groups excluding tert-OH is 1. The maximum atomic E-state index is 13.5. The summed E-state index contributed by atoms with van der Waals surface area (Å²) in [5, 5.41) is 26.2. The Labute approximate surface area is 236 Å². The third-order valence-corrected chi connectivity index (χ3v) is 8.86. The Morgan fingerprint density at radius 1 is 1.21 bits per heavy atom. The topological polar surface area (TPSA) is 116 Å². The van der Waals surface area contributed by atoms with Gasteiger partial charge in [-0.1, -0.05) is 54.9 Å². The van der Waals surface area contributed by atoms with E-state index in [0.29, 0.717) is 50.3 Å². The SMILES string of the molecule is CCc1cccc(-c2c(Cl)cccc2C(O)(CCCNC(C)=O)[C@@H]2CCCN(C(=O)[C@H]3C[C@@H](N)[C@@H](O)C3)C2)c1. The van der Waals surface area contributed by atoms with E-state index in [9.17, 15) is 19.8 Å². The van der Waals surface area contributed by atoms with Gasteiger partial charge >= 0.3 is 0 Å². The number of nitrogens with zero attached hydrogens (tertiary/aromatic N) is 1. The molecular formula is C31H42ClN3O4. The first kappa shape index (κ1) is 29.5. The van der Waals surface area contributed by atoms with Gasteiger partial charge in [-0.2, -0.15) is 0 Å². The van der Waals surface area contributed by atoms with Crippen LogP contribution in [0.5, 0.6) is 0 Å². The number of piperidine rings is 1. The first-order chi connectivity index (χ1) is 18.6. The summed E-state index contributed by atoms with van der Waals surface area (Å²) in [4.78, 5) is 26.8. The van der Waals surface area contributed by atoms with Crippen LogP contribution in [0.1, 0.15) is 63.5 Å². The number of carbonyl (C=O) groups excluding carboxylic acids is 2. The number of hydrogen-bond donors (Lipinski definition) is 4. The summed E-state index contributed by atoms with van der Waals surface area (Å²) in [6, 6.07) is 13.5. The van der Waals surface area contributed by atoms with Crippen molar-refractivity contribution < 1.29 is 19.8 Å². The van der Waals surface area contributed by atoms with Crippen LogP contribution in [-0.2, 0) is 21.6 Å². The molecule has 0 radical (unpaired) electrons. The van der Waals surface area contributed by atoms with Crippen molar-refractivity contribution in [1.82, 2.24) is 10.2 Å². The fourth-order valence-corrected chi connectivity index (χ4v) is 6.66. The Morgan fingerprint density at radius 2 is 1.97 bits per heavy atom. The molecule has 1 saturated heterocycles. The minimum Gasteiger partial charge on any atom is -0.391 e. The van der Waals surface area contributed by atoms with Gasteiger partial charge in [-0.15, -0.1) is 0 Å². The smallest absolute Gasteiger partial charge is 0.225 e. The summed E-state index contributed by atoms with van der Waals surface area (Å²) in [7, 11) is 0. The number of benzene rings is 2. The number of hydrogen-bond acceptors (Lipinski definition) is 5. The molecule has 0 spiro atoms.